The summed E-state index contributed by atoms with van der Waals surface area (Å²) in [5.41, 5.74) is 4.62. The van der Waals surface area contributed by atoms with Crippen molar-refractivity contribution in [2.75, 3.05) is 24.6 Å². The zero-order valence-corrected chi connectivity index (χ0v) is 23.6. The van der Waals surface area contributed by atoms with E-state index in [2.05, 4.69) is 36.5 Å². The third-order valence-electron chi connectivity index (χ3n) is 7.90. The van der Waals surface area contributed by atoms with E-state index in [4.69, 9.17) is 14.8 Å². The number of H-pyrrole nitrogens is 2. The van der Waals surface area contributed by atoms with Crippen molar-refractivity contribution < 1.29 is 28.2 Å². The Labute approximate surface area is 245 Å². The number of hydrogen-bond donors (Lipinski definition) is 3. The molecule has 1 aliphatic heterocycles. The molecule has 0 atom stereocenters. The van der Waals surface area contributed by atoms with Crippen molar-refractivity contribution in [1.29, 1.82) is 0 Å². The summed E-state index contributed by atoms with van der Waals surface area (Å²) in [4.78, 5) is 33.8. The molecule has 10 nitrogen and oxygen atoms in total. The molecule has 0 bridgehead atoms. The molecule has 3 N–H and O–H groups in total. The van der Waals surface area contributed by atoms with Crippen LogP contribution < -0.4 is 14.4 Å². The van der Waals surface area contributed by atoms with Gasteiger partial charge in [-0.1, -0.05) is 19.1 Å². The van der Waals surface area contributed by atoms with Crippen LogP contribution in [-0.4, -0.2) is 62.3 Å². The largest absolute Gasteiger partial charge is 0.482 e. The molecule has 3 aromatic heterocycles. The number of hydrogen-bond acceptors (Lipinski definition) is 7. The fraction of sp³-hybridized carbons (Fsp3) is 0.290. The molecular weight excluding hydrogens is 558 g/mol. The lowest BCUT2D eigenvalue weighted by Gasteiger charge is -2.38. The van der Waals surface area contributed by atoms with E-state index in [9.17, 15) is 13.6 Å². The second-order valence-electron chi connectivity index (χ2n) is 10.8. The Balaban J connectivity index is 1.18. The van der Waals surface area contributed by atoms with Gasteiger partial charge in [-0.2, -0.15) is 8.78 Å². The Morgan fingerprint density at radius 2 is 1.81 bits per heavy atom. The summed E-state index contributed by atoms with van der Waals surface area (Å²) in [7, 11) is 0. The Kier molecular flexibility index (Phi) is 7.43. The van der Waals surface area contributed by atoms with Gasteiger partial charge < -0.3 is 29.4 Å². The van der Waals surface area contributed by atoms with Crippen molar-refractivity contribution in [2.24, 2.45) is 0 Å². The number of benzene rings is 2. The summed E-state index contributed by atoms with van der Waals surface area (Å²) in [5.74, 6) is 1.27. The number of anilines is 1. The summed E-state index contributed by atoms with van der Waals surface area (Å²) in [5, 5.41) is 9.73. The molecule has 5 aromatic rings. The van der Waals surface area contributed by atoms with Gasteiger partial charge in [-0.3, -0.25) is 0 Å². The van der Waals surface area contributed by atoms with Crippen molar-refractivity contribution in [3.05, 3.63) is 72.4 Å². The number of piperidine rings is 1. The van der Waals surface area contributed by atoms with Crippen LogP contribution in [0, 0.1) is 6.92 Å². The number of nitrogens with one attached hydrogen (secondary N) is 2. The highest BCUT2D eigenvalue weighted by atomic mass is 19.3. The Bertz CT molecular complexity index is 1760. The Hall–Kier alpha value is -5.00. The number of alkyl halides is 2. The Morgan fingerprint density at radius 1 is 1.05 bits per heavy atom. The first-order valence-corrected chi connectivity index (χ1v) is 13.8. The van der Waals surface area contributed by atoms with E-state index >= 15 is 0 Å². The number of aryl methyl sites for hydroxylation is 1. The number of aromatic amines is 2. The van der Waals surface area contributed by atoms with Gasteiger partial charge in [-0.25, -0.2) is 19.7 Å². The van der Waals surface area contributed by atoms with E-state index in [-0.39, 0.29) is 11.2 Å². The number of fused-ring (bicyclic) bond motifs is 1. The topological polar surface area (TPSA) is 129 Å². The molecule has 0 aliphatic carbocycles. The van der Waals surface area contributed by atoms with E-state index in [0.717, 1.165) is 76.8 Å². The van der Waals surface area contributed by atoms with Gasteiger partial charge in [0.15, 0.2) is 6.61 Å². The van der Waals surface area contributed by atoms with Crippen LogP contribution in [0.25, 0.3) is 33.5 Å². The van der Waals surface area contributed by atoms with Crippen molar-refractivity contribution >= 4 is 22.8 Å². The smallest absolute Gasteiger partial charge is 0.387 e. The maximum atomic E-state index is 12.7. The minimum atomic E-state index is -2.88. The molecular formula is C31H30F2N6O4. The average Bonchev–Trinajstić information content (AvgIpc) is 3.61. The molecule has 222 valence electrons. The van der Waals surface area contributed by atoms with Crippen molar-refractivity contribution in [3.63, 3.8) is 0 Å². The average molecular weight is 589 g/mol. The quantitative estimate of drug-likeness (QED) is 0.193. The number of carboxylic acid groups (broad SMARTS) is 1. The van der Waals surface area contributed by atoms with Gasteiger partial charge in [-0.05, 0) is 67.8 Å². The first kappa shape index (κ1) is 28.1. The van der Waals surface area contributed by atoms with E-state index in [1.807, 2.05) is 31.2 Å². The monoisotopic (exact) mass is 588 g/mol. The molecule has 43 heavy (non-hydrogen) atoms. The van der Waals surface area contributed by atoms with Gasteiger partial charge in [0.25, 0.3) is 0 Å². The molecule has 0 amide bonds. The zero-order chi connectivity index (χ0) is 30.1. The van der Waals surface area contributed by atoms with Crippen LogP contribution in [0.15, 0.2) is 60.9 Å². The molecule has 4 heterocycles. The summed E-state index contributed by atoms with van der Waals surface area (Å²) in [6, 6.07) is 15.9. The summed E-state index contributed by atoms with van der Waals surface area (Å²) in [6.45, 7) is 2.33. The van der Waals surface area contributed by atoms with Gasteiger partial charge in [0.1, 0.15) is 35.1 Å². The lowest BCUT2D eigenvalue weighted by atomic mass is 9.79. The van der Waals surface area contributed by atoms with Crippen molar-refractivity contribution in [3.8, 4) is 34.0 Å². The number of carboxylic acids is 1. The molecule has 1 aliphatic rings. The molecule has 2 aromatic carbocycles. The molecule has 0 saturated carbocycles. The number of ether oxygens (including phenoxy) is 2. The highest BCUT2D eigenvalue weighted by molar-refractivity contribution is 5.92. The fourth-order valence-corrected chi connectivity index (χ4v) is 5.51. The van der Waals surface area contributed by atoms with Crippen LogP contribution in [0.2, 0.25) is 0 Å². The third kappa shape index (κ3) is 5.85. The second kappa shape index (κ2) is 11.3. The van der Waals surface area contributed by atoms with Crippen LogP contribution >= 0.6 is 0 Å². The molecule has 1 fully saturated rings. The number of halogens is 2. The van der Waals surface area contributed by atoms with Crippen LogP contribution in [0.3, 0.4) is 0 Å². The normalized spacial score (nSPS) is 14.8. The predicted octanol–water partition coefficient (Wildman–Crippen LogP) is 5.95. The third-order valence-corrected chi connectivity index (χ3v) is 7.90. The highest BCUT2D eigenvalue weighted by Gasteiger charge is 2.36. The van der Waals surface area contributed by atoms with Crippen LogP contribution in [0.5, 0.6) is 11.5 Å². The minimum absolute atomic E-state index is 0.105. The zero-order valence-electron chi connectivity index (χ0n) is 23.6. The highest BCUT2D eigenvalue weighted by Crippen LogP contribution is 2.38. The van der Waals surface area contributed by atoms with E-state index in [1.54, 1.807) is 30.6 Å². The summed E-state index contributed by atoms with van der Waals surface area (Å²) >= 11 is 0. The Morgan fingerprint density at radius 3 is 2.53 bits per heavy atom. The molecule has 1 saturated heterocycles. The molecule has 12 heteroatoms. The molecule has 6 rings (SSSR count). The fourth-order valence-electron chi connectivity index (χ4n) is 5.51. The number of aromatic nitrogens is 5. The number of aliphatic carboxylic acids is 1. The second-order valence-corrected chi connectivity index (χ2v) is 10.8. The standard InChI is InChI=1S/C31H30F2N6O4/c1-18-26(20-4-3-5-22(14-20)43-30(32)33)38-29(36-18)31(2)10-12-39(13-11-31)28-23-15-24(37-27(23)34-17-35-28)19-6-8-21(9-7-19)42-16-25(40)41/h3-9,14-15,17,30H,10-13,16H2,1-2H3,(H,36,38)(H,40,41)(H,34,35,37). The summed E-state index contributed by atoms with van der Waals surface area (Å²) in [6.07, 6.45) is 3.21. The molecule has 0 spiro atoms. The van der Waals surface area contributed by atoms with Crippen LogP contribution in [-0.2, 0) is 10.2 Å². The lowest BCUT2D eigenvalue weighted by Crippen LogP contribution is -2.42. The predicted molar refractivity (Wildman–Crippen MR) is 157 cm³/mol. The lowest BCUT2D eigenvalue weighted by molar-refractivity contribution is -0.139. The van der Waals surface area contributed by atoms with Crippen molar-refractivity contribution in [2.45, 2.75) is 38.7 Å². The first-order valence-electron chi connectivity index (χ1n) is 13.8. The maximum Gasteiger partial charge on any atom is 0.387 e. The minimum Gasteiger partial charge on any atom is -0.482 e. The van der Waals surface area contributed by atoms with Gasteiger partial charge in [0.2, 0.25) is 0 Å². The molecule has 0 unspecified atom stereocenters. The van der Waals surface area contributed by atoms with E-state index in [1.165, 1.54) is 6.07 Å². The molecule has 0 radical (unpaired) electrons. The van der Waals surface area contributed by atoms with Gasteiger partial charge in [-0.15, -0.1) is 0 Å². The number of nitrogens with zero attached hydrogens (tertiary/aromatic N) is 4. The number of carbonyl (C=O) groups is 1. The number of rotatable bonds is 9. The number of imidazole rings is 1. The van der Waals surface area contributed by atoms with E-state index < -0.39 is 19.2 Å². The summed E-state index contributed by atoms with van der Waals surface area (Å²) < 4.78 is 35.3. The van der Waals surface area contributed by atoms with Gasteiger partial charge in [0, 0.05) is 29.8 Å². The maximum absolute atomic E-state index is 12.7. The van der Waals surface area contributed by atoms with E-state index in [0.29, 0.717) is 5.75 Å². The first-order chi connectivity index (χ1) is 20.7. The van der Waals surface area contributed by atoms with Crippen LogP contribution in [0.4, 0.5) is 14.6 Å². The van der Waals surface area contributed by atoms with Gasteiger partial charge in [0.05, 0.1) is 16.8 Å². The SMILES string of the molecule is Cc1nc(C2(C)CCN(c3ncnc4[nH]c(-c5ccc(OCC(=O)O)cc5)cc34)CC2)[nH]c1-c1cccc(OC(F)F)c1. The van der Waals surface area contributed by atoms with Gasteiger partial charge >= 0.3 is 12.6 Å². The van der Waals surface area contributed by atoms with Crippen molar-refractivity contribution in [1.82, 2.24) is 24.9 Å². The van der Waals surface area contributed by atoms with Crippen LogP contribution in [0.1, 0.15) is 31.3 Å².